The molecule has 0 bridgehead atoms. The summed E-state index contributed by atoms with van der Waals surface area (Å²) in [5.41, 5.74) is 15.0. The second kappa shape index (κ2) is 14.4. The second-order valence-corrected chi connectivity index (χ2v) is 17.5. The van der Waals surface area contributed by atoms with Gasteiger partial charge in [-0.2, -0.15) is 0 Å². The minimum Gasteiger partial charge on any atom is -0.455 e. The highest BCUT2D eigenvalue weighted by Crippen LogP contribution is 2.49. The zero-order chi connectivity index (χ0) is 43.3. The molecule has 0 saturated carbocycles. The Hall–Kier alpha value is -8.72. The maximum absolute atomic E-state index is 7.02. The molecule has 2 aromatic heterocycles. The van der Waals surface area contributed by atoms with Crippen molar-refractivity contribution in [2.75, 3.05) is 0 Å². The van der Waals surface area contributed by atoms with E-state index in [4.69, 9.17) is 4.42 Å². The van der Waals surface area contributed by atoms with E-state index in [1.54, 1.807) is 0 Å². The summed E-state index contributed by atoms with van der Waals surface area (Å²) in [6, 6.07) is 86.3. The first-order valence-electron chi connectivity index (χ1n) is 22.8. The number of para-hydroxylation sites is 3. The number of hydrogen-bond acceptors (Lipinski definition) is 1. The summed E-state index contributed by atoms with van der Waals surface area (Å²) in [5.74, 6) is 0. The van der Waals surface area contributed by atoms with Gasteiger partial charge in [-0.25, -0.2) is 0 Å². The number of rotatable bonds is 5. The Balaban J connectivity index is 0.983. The fraction of sp³-hybridized carbons (Fsp3) is 0. The second-order valence-electron chi connectivity index (χ2n) is 17.5. The highest BCUT2D eigenvalue weighted by molar-refractivity contribution is 6.26. The molecule has 2 heteroatoms. The number of hydrogen-bond donors (Lipinski definition) is 0. The SMILES string of the molecule is c1ccc(-c2c3ccccc3c(-c3ccc4oc5c(-c6c7ccccc7c(-c7ccc8c(c7)c7ccccc7n8-c7ccccc7)c7ccccc67)cccc5c4c3)c3ccccc23)cc1. The standard InChI is InChI=1S/C64H39NO/c1-3-18-40(19-4-1)60-45-23-7-9-25-47(45)62(48-26-10-8-24-46(48)60)42-35-37-59-56(39-42)53-31-17-32-54(64(53)66-59)63-51-29-13-11-27-49(51)61(50-28-12-14-30-52(50)63)41-34-36-58-55(38-41)44-22-15-16-33-57(44)65(58)43-20-5-2-6-21-43/h1-39H. The van der Waals surface area contributed by atoms with Crippen LogP contribution in [0.5, 0.6) is 0 Å². The number of aromatic nitrogens is 1. The van der Waals surface area contributed by atoms with Gasteiger partial charge >= 0.3 is 0 Å². The number of furan rings is 1. The van der Waals surface area contributed by atoms with E-state index < -0.39 is 0 Å². The van der Waals surface area contributed by atoms with Crippen molar-refractivity contribution in [3.8, 4) is 50.2 Å². The van der Waals surface area contributed by atoms with E-state index >= 15 is 0 Å². The molecule has 0 spiro atoms. The molecule has 306 valence electrons. The van der Waals surface area contributed by atoms with Gasteiger partial charge in [0.15, 0.2) is 0 Å². The Morgan fingerprint density at radius 1 is 0.258 bits per heavy atom. The Morgan fingerprint density at radius 3 is 1.26 bits per heavy atom. The van der Waals surface area contributed by atoms with E-state index in [9.17, 15) is 0 Å². The number of fused-ring (bicyclic) bond motifs is 10. The van der Waals surface area contributed by atoms with Crippen LogP contribution in [0.25, 0.3) is 137 Å². The highest BCUT2D eigenvalue weighted by atomic mass is 16.3. The summed E-state index contributed by atoms with van der Waals surface area (Å²) in [6.45, 7) is 0. The summed E-state index contributed by atoms with van der Waals surface area (Å²) in [4.78, 5) is 0. The maximum atomic E-state index is 7.02. The van der Waals surface area contributed by atoms with Crippen LogP contribution in [-0.4, -0.2) is 4.57 Å². The van der Waals surface area contributed by atoms with Gasteiger partial charge in [0.25, 0.3) is 0 Å². The average Bonchev–Trinajstić information content (AvgIpc) is 3.93. The lowest BCUT2D eigenvalue weighted by atomic mass is 9.85. The predicted molar refractivity (Wildman–Crippen MR) is 280 cm³/mol. The van der Waals surface area contributed by atoms with Gasteiger partial charge in [-0.3, -0.25) is 0 Å². The smallest absolute Gasteiger partial charge is 0.143 e. The molecule has 66 heavy (non-hydrogen) atoms. The van der Waals surface area contributed by atoms with E-state index in [-0.39, 0.29) is 0 Å². The van der Waals surface area contributed by atoms with E-state index in [0.29, 0.717) is 0 Å². The highest BCUT2D eigenvalue weighted by Gasteiger charge is 2.23. The van der Waals surface area contributed by atoms with Gasteiger partial charge in [-0.1, -0.05) is 194 Å². The molecule has 0 aliphatic carbocycles. The van der Waals surface area contributed by atoms with Gasteiger partial charge in [0.05, 0.1) is 11.0 Å². The van der Waals surface area contributed by atoms with E-state index in [1.165, 1.54) is 104 Å². The van der Waals surface area contributed by atoms with Crippen molar-refractivity contribution < 1.29 is 4.42 Å². The van der Waals surface area contributed by atoms with Crippen LogP contribution >= 0.6 is 0 Å². The molecule has 14 rings (SSSR count). The molecule has 0 aliphatic rings. The summed E-state index contributed by atoms with van der Waals surface area (Å²) in [7, 11) is 0. The summed E-state index contributed by atoms with van der Waals surface area (Å²) in [6.07, 6.45) is 0. The molecule has 0 radical (unpaired) electrons. The third-order valence-electron chi connectivity index (χ3n) is 14.0. The van der Waals surface area contributed by atoms with Crippen molar-refractivity contribution in [2.24, 2.45) is 0 Å². The Kier molecular flexibility index (Phi) is 8.02. The zero-order valence-electron chi connectivity index (χ0n) is 35.9. The largest absolute Gasteiger partial charge is 0.455 e. The Labute approximate surface area is 380 Å². The monoisotopic (exact) mass is 837 g/mol. The third-order valence-corrected chi connectivity index (χ3v) is 14.0. The molecule has 14 aromatic rings. The molecular weight excluding hydrogens is 799 g/mol. The maximum Gasteiger partial charge on any atom is 0.143 e. The van der Waals surface area contributed by atoms with Crippen molar-refractivity contribution in [1.82, 2.24) is 4.57 Å². The van der Waals surface area contributed by atoms with E-state index in [0.717, 1.165) is 33.2 Å². The zero-order valence-corrected chi connectivity index (χ0v) is 35.9. The van der Waals surface area contributed by atoms with Crippen LogP contribution in [-0.2, 0) is 0 Å². The number of nitrogens with zero attached hydrogens (tertiary/aromatic N) is 1. The van der Waals surface area contributed by atoms with Crippen molar-refractivity contribution >= 4 is 86.8 Å². The normalized spacial score (nSPS) is 11.9. The minimum atomic E-state index is 0.879. The molecule has 0 saturated heterocycles. The van der Waals surface area contributed by atoms with Crippen LogP contribution in [0.2, 0.25) is 0 Å². The van der Waals surface area contributed by atoms with Gasteiger partial charge < -0.3 is 8.98 Å². The fourth-order valence-electron chi connectivity index (χ4n) is 11.2. The van der Waals surface area contributed by atoms with Crippen LogP contribution in [0.3, 0.4) is 0 Å². The third kappa shape index (κ3) is 5.36. The van der Waals surface area contributed by atoms with Crippen LogP contribution in [0.1, 0.15) is 0 Å². The molecule has 0 atom stereocenters. The van der Waals surface area contributed by atoms with Crippen molar-refractivity contribution in [2.45, 2.75) is 0 Å². The van der Waals surface area contributed by atoms with Crippen molar-refractivity contribution in [1.29, 1.82) is 0 Å². The predicted octanol–water partition coefficient (Wildman–Crippen LogP) is 18.0. The first-order chi connectivity index (χ1) is 32.8. The molecule has 0 fully saturated rings. The van der Waals surface area contributed by atoms with Gasteiger partial charge in [0, 0.05) is 38.4 Å². The molecule has 0 aliphatic heterocycles. The topological polar surface area (TPSA) is 18.1 Å². The summed E-state index contributed by atoms with van der Waals surface area (Å²) >= 11 is 0. The fourth-order valence-corrected chi connectivity index (χ4v) is 11.2. The van der Waals surface area contributed by atoms with Crippen molar-refractivity contribution in [3.63, 3.8) is 0 Å². The van der Waals surface area contributed by atoms with Gasteiger partial charge in [0.2, 0.25) is 0 Å². The molecule has 2 nitrogen and oxygen atoms in total. The lowest BCUT2D eigenvalue weighted by Crippen LogP contribution is -1.93. The lowest BCUT2D eigenvalue weighted by Gasteiger charge is -2.18. The molecular formula is C64H39NO. The average molecular weight is 838 g/mol. The molecule has 0 N–H and O–H groups in total. The molecule has 0 amide bonds. The molecule has 2 heterocycles. The number of benzene rings is 12. The quantitative estimate of drug-likeness (QED) is 0.158. The Morgan fingerprint density at radius 2 is 0.682 bits per heavy atom. The van der Waals surface area contributed by atoms with Crippen LogP contribution in [0, 0.1) is 0 Å². The first kappa shape index (κ1) is 36.7. The van der Waals surface area contributed by atoms with Crippen LogP contribution in [0.15, 0.2) is 241 Å². The lowest BCUT2D eigenvalue weighted by molar-refractivity contribution is 0.670. The minimum absolute atomic E-state index is 0.879. The van der Waals surface area contributed by atoms with Crippen molar-refractivity contribution in [3.05, 3.63) is 237 Å². The van der Waals surface area contributed by atoms with Gasteiger partial charge in [-0.15, -0.1) is 0 Å². The summed E-state index contributed by atoms with van der Waals surface area (Å²) < 4.78 is 9.40. The van der Waals surface area contributed by atoms with Gasteiger partial charge in [0.1, 0.15) is 11.2 Å². The molecule has 12 aromatic carbocycles. The Bertz CT molecular complexity index is 4160. The van der Waals surface area contributed by atoms with Gasteiger partial charge in [-0.05, 0) is 119 Å². The molecule has 0 unspecified atom stereocenters. The van der Waals surface area contributed by atoms with Crippen LogP contribution < -0.4 is 0 Å². The first-order valence-corrected chi connectivity index (χ1v) is 22.8. The summed E-state index contributed by atoms with van der Waals surface area (Å²) in [5, 5.41) is 14.5. The van der Waals surface area contributed by atoms with E-state index in [1.807, 2.05) is 0 Å². The van der Waals surface area contributed by atoms with Crippen LogP contribution in [0.4, 0.5) is 0 Å². The van der Waals surface area contributed by atoms with E-state index in [2.05, 4.69) is 241 Å².